The van der Waals surface area contributed by atoms with E-state index in [1.165, 1.54) is 15.9 Å². The summed E-state index contributed by atoms with van der Waals surface area (Å²) in [5, 5.41) is 0.794. The first-order chi connectivity index (χ1) is 22.1. The summed E-state index contributed by atoms with van der Waals surface area (Å²) in [6.45, 7) is 4.01. The van der Waals surface area contributed by atoms with Gasteiger partial charge >= 0.3 is 5.97 Å². The van der Waals surface area contributed by atoms with E-state index in [2.05, 4.69) is 36.9 Å². The summed E-state index contributed by atoms with van der Waals surface area (Å²) in [4.78, 5) is 32.4. The molecule has 5 aromatic rings. The standard InChI is InChI=1S/C34H24Br2Cl2N2O5S/c1-3-43-33(42)29-18(2)39-34-40(30(29)27-12-11-26(45-27)21-9-10-24(37)25(38)16-21)32(41)28(46-34)15-20-13-22(35)31(23(36)14-20)44-17-19-7-5-4-6-8-19/h4-16,30H,3,17H2,1-2H3/b28-15-/t30-/m0/s1. The third-order valence-electron chi connectivity index (χ3n) is 7.16. The maximum absolute atomic E-state index is 14.1. The Bertz CT molecular complexity index is 2170. The van der Waals surface area contributed by atoms with Gasteiger partial charge in [-0.2, -0.15) is 0 Å². The highest BCUT2D eigenvalue weighted by molar-refractivity contribution is 9.11. The molecular weight excluding hydrogens is 779 g/mol. The number of fused-ring (bicyclic) bond motifs is 1. The molecule has 0 saturated carbocycles. The number of thiazole rings is 1. The number of carbonyl (C=O) groups is 1. The molecule has 3 heterocycles. The number of rotatable bonds is 8. The smallest absolute Gasteiger partial charge is 0.338 e. The first-order valence-electron chi connectivity index (χ1n) is 14.0. The van der Waals surface area contributed by atoms with Gasteiger partial charge in [-0.25, -0.2) is 9.79 Å². The fourth-order valence-corrected chi connectivity index (χ4v) is 7.84. The van der Waals surface area contributed by atoms with Crippen molar-refractivity contribution < 1.29 is 18.7 Å². The number of carbonyl (C=O) groups excluding carboxylic acids is 1. The third-order valence-corrected chi connectivity index (χ3v) is 10.1. The Balaban J connectivity index is 1.41. The number of hydrogen-bond acceptors (Lipinski definition) is 7. The molecule has 46 heavy (non-hydrogen) atoms. The summed E-state index contributed by atoms with van der Waals surface area (Å²) in [7, 11) is 0. The number of aromatic nitrogens is 1. The maximum atomic E-state index is 14.1. The molecule has 1 aliphatic rings. The van der Waals surface area contributed by atoms with Gasteiger partial charge in [0.1, 0.15) is 29.9 Å². The van der Waals surface area contributed by atoms with E-state index in [4.69, 9.17) is 37.1 Å². The number of benzene rings is 3. The molecule has 0 spiro atoms. The number of nitrogens with zero attached hydrogens (tertiary/aromatic N) is 2. The minimum absolute atomic E-state index is 0.161. The second kappa shape index (κ2) is 13.8. The first-order valence-corrected chi connectivity index (χ1v) is 17.2. The van der Waals surface area contributed by atoms with Crippen molar-refractivity contribution in [3.63, 3.8) is 0 Å². The summed E-state index contributed by atoms with van der Waals surface area (Å²) in [6.07, 6.45) is 1.78. The third kappa shape index (κ3) is 6.55. The van der Waals surface area contributed by atoms with Crippen LogP contribution in [0.3, 0.4) is 0 Å². The van der Waals surface area contributed by atoms with E-state index in [9.17, 15) is 9.59 Å². The van der Waals surface area contributed by atoms with Gasteiger partial charge < -0.3 is 13.9 Å². The van der Waals surface area contributed by atoms with Gasteiger partial charge in [-0.05, 0) is 105 Å². The van der Waals surface area contributed by atoms with E-state index in [1.807, 2.05) is 42.5 Å². The Kier molecular flexibility index (Phi) is 9.72. The summed E-state index contributed by atoms with van der Waals surface area (Å²) >= 11 is 20.8. The number of halogens is 4. The van der Waals surface area contributed by atoms with Crippen molar-refractivity contribution in [1.82, 2.24) is 4.57 Å². The molecule has 0 fully saturated rings. The van der Waals surface area contributed by atoms with Gasteiger partial charge in [0, 0.05) is 5.56 Å². The molecule has 0 unspecified atom stereocenters. The Hall–Kier alpha value is -3.41. The van der Waals surface area contributed by atoms with Crippen molar-refractivity contribution >= 4 is 78.4 Å². The second-order valence-corrected chi connectivity index (χ2v) is 13.8. The van der Waals surface area contributed by atoms with Crippen molar-refractivity contribution in [2.45, 2.75) is 26.5 Å². The lowest BCUT2D eigenvalue weighted by molar-refractivity contribution is -0.139. The summed E-state index contributed by atoms with van der Waals surface area (Å²) in [5.41, 5.74) is 2.83. The topological polar surface area (TPSA) is 83.0 Å². The second-order valence-electron chi connectivity index (χ2n) is 10.2. The number of allylic oxidation sites excluding steroid dienone is 1. The number of ether oxygens (including phenoxy) is 2. The van der Waals surface area contributed by atoms with E-state index in [0.717, 1.165) is 20.1 Å². The zero-order chi connectivity index (χ0) is 32.5. The Morgan fingerprint density at radius 2 is 1.78 bits per heavy atom. The number of hydrogen-bond donors (Lipinski definition) is 0. The minimum atomic E-state index is -0.902. The fourth-order valence-electron chi connectivity index (χ4n) is 5.05. The van der Waals surface area contributed by atoms with E-state index >= 15 is 0 Å². The van der Waals surface area contributed by atoms with Gasteiger partial charge in [-0.1, -0.05) is 64.9 Å². The number of esters is 1. The quantitative estimate of drug-likeness (QED) is 0.147. The zero-order valence-electron chi connectivity index (χ0n) is 24.4. The molecule has 2 aromatic heterocycles. The molecule has 1 atom stereocenters. The molecule has 0 amide bonds. The van der Waals surface area contributed by atoms with E-state index in [-0.39, 0.29) is 17.7 Å². The van der Waals surface area contributed by atoms with Gasteiger partial charge in [0.15, 0.2) is 4.80 Å². The lowest BCUT2D eigenvalue weighted by Gasteiger charge is -2.22. The van der Waals surface area contributed by atoms with Crippen LogP contribution in [-0.4, -0.2) is 17.1 Å². The van der Waals surface area contributed by atoms with Crippen molar-refractivity contribution in [2.24, 2.45) is 4.99 Å². The van der Waals surface area contributed by atoms with Crippen LogP contribution in [0.4, 0.5) is 0 Å². The average molecular weight is 803 g/mol. The molecule has 0 bridgehead atoms. The normalized spacial score (nSPS) is 14.7. The van der Waals surface area contributed by atoms with Crippen LogP contribution in [0.5, 0.6) is 5.75 Å². The molecule has 0 radical (unpaired) electrons. The van der Waals surface area contributed by atoms with E-state index < -0.39 is 12.0 Å². The monoisotopic (exact) mass is 800 g/mol. The highest BCUT2D eigenvalue weighted by Crippen LogP contribution is 2.37. The predicted molar refractivity (Wildman–Crippen MR) is 187 cm³/mol. The Morgan fingerprint density at radius 1 is 1.04 bits per heavy atom. The van der Waals surface area contributed by atoms with Crippen molar-refractivity contribution in [3.8, 4) is 17.1 Å². The zero-order valence-corrected chi connectivity index (χ0v) is 29.9. The van der Waals surface area contributed by atoms with Crippen LogP contribution in [-0.2, 0) is 16.1 Å². The number of furan rings is 1. The van der Waals surface area contributed by atoms with Crippen LogP contribution >= 0.6 is 66.4 Å². The average Bonchev–Trinajstić information content (AvgIpc) is 3.63. The summed E-state index contributed by atoms with van der Waals surface area (Å²) < 4.78 is 21.1. The van der Waals surface area contributed by atoms with Crippen molar-refractivity contribution in [3.05, 3.63) is 140 Å². The predicted octanol–water partition coefficient (Wildman–Crippen LogP) is 8.47. The molecule has 0 saturated heterocycles. The largest absolute Gasteiger partial charge is 0.487 e. The lowest BCUT2D eigenvalue weighted by atomic mass is 10.0. The van der Waals surface area contributed by atoms with Gasteiger partial charge in [-0.3, -0.25) is 9.36 Å². The van der Waals surface area contributed by atoms with E-state index in [1.54, 1.807) is 50.3 Å². The summed E-state index contributed by atoms with van der Waals surface area (Å²) in [5.74, 6) is 0.941. The molecule has 12 heteroatoms. The highest BCUT2D eigenvalue weighted by Gasteiger charge is 2.35. The molecule has 0 aliphatic carbocycles. The summed E-state index contributed by atoms with van der Waals surface area (Å²) in [6, 6.07) is 21.4. The van der Waals surface area contributed by atoms with Crippen molar-refractivity contribution in [2.75, 3.05) is 6.61 Å². The SMILES string of the molecule is CCOC(=O)C1=C(C)N=c2s/c(=C\c3cc(Br)c(OCc4ccccc4)c(Br)c3)c(=O)n2[C@H]1c1ccc(-c2ccc(Cl)c(Cl)c2)o1. The Morgan fingerprint density at radius 3 is 2.48 bits per heavy atom. The molecule has 1 aliphatic heterocycles. The van der Waals surface area contributed by atoms with Crippen molar-refractivity contribution in [1.29, 1.82) is 0 Å². The first kappa shape index (κ1) is 32.5. The molecule has 0 N–H and O–H groups in total. The van der Waals surface area contributed by atoms with Crippen LogP contribution in [0.25, 0.3) is 17.4 Å². The van der Waals surface area contributed by atoms with Crippen LogP contribution in [0.2, 0.25) is 10.0 Å². The molecule has 7 nitrogen and oxygen atoms in total. The molecule has 234 valence electrons. The molecule has 3 aromatic carbocycles. The minimum Gasteiger partial charge on any atom is -0.487 e. The van der Waals surface area contributed by atoms with Gasteiger partial charge in [0.2, 0.25) is 0 Å². The van der Waals surface area contributed by atoms with Gasteiger partial charge in [0.05, 0.1) is 41.4 Å². The van der Waals surface area contributed by atoms with Crippen LogP contribution in [0.15, 0.2) is 107 Å². The lowest BCUT2D eigenvalue weighted by Crippen LogP contribution is -2.39. The van der Waals surface area contributed by atoms with Gasteiger partial charge in [-0.15, -0.1) is 0 Å². The van der Waals surface area contributed by atoms with Crippen LogP contribution in [0, 0.1) is 0 Å². The van der Waals surface area contributed by atoms with Crippen LogP contribution in [0.1, 0.15) is 36.8 Å². The molecular formula is C34H24Br2Cl2N2O5S. The van der Waals surface area contributed by atoms with Gasteiger partial charge in [0.25, 0.3) is 5.56 Å². The fraction of sp³-hybridized carbons (Fsp3) is 0.147. The maximum Gasteiger partial charge on any atom is 0.338 e. The van der Waals surface area contributed by atoms with E-state index in [0.29, 0.717) is 54.5 Å². The highest BCUT2D eigenvalue weighted by atomic mass is 79.9. The Labute approximate surface area is 294 Å². The van der Waals surface area contributed by atoms with Crippen LogP contribution < -0.4 is 19.6 Å². The molecule has 6 rings (SSSR count).